The van der Waals surface area contributed by atoms with Crippen LogP contribution in [0.2, 0.25) is 0 Å². The van der Waals surface area contributed by atoms with E-state index >= 15 is 8.78 Å². The number of aromatic hydroxyl groups is 1. The second-order valence-electron chi connectivity index (χ2n) is 8.83. The molecule has 2 aromatic carbocycles. The topological polar surface area (TPSA) is 118 Å². The number of benzene rings is 2. The van der Waals surface area contributed by atoms with Gasteiger partial charge in [-0.1, -0.05) is 6.92 Å². The smallest absolute Gasteiger partial charge is 0.309 e. The van der Waals surface area contributed by atoms with Crippen molar-refractivity contribution in [3.63, 3.8) is 0 Å². The van der Waals surface area contributed by atoms with E-state index < -0.39 is 59.2 Å². The van der Waals surface area contributed by atoms with Crippen molar-refractivity contribution in [1.82, 2.24) is 0 Å². The average Bonchev–Trinajstić information content (AvgIpc) is 2.90. The standard InChI is InChI=1S/C28H29F2NO8/c1-15(12-23(32)26-27(33)24(38-5)10-11-31(26)35)28(34)39-16(2)25(19-13-17(36-3)6-8-21(19)29)20-14-18(37-4)7-9-22(20)30/h6-11,13-16,25,33H,12H2,1-5H3/t15-,16+/m1/s1. The van der Waals surface area contributed by atoms with Gasteiger partial charge in [0.1, 0.15) is 29.2 Å². The molecule has 2 atom stereocenters. The summed E-state index contributed by atoms with van der Waals surface area (Å²) >= 11 is 0. The second kappa shape index (κ2) is 12.4. The molecule has 0 saturated heterocycles. The molecule has 0 aliphatic carbocycles. The first-order chi connectivity index (χ1) is 18.5. The number of aromatic nitrogens is 1. The van der Waals surface area contributed by atoms with Crippen LogP contribution in [0.15, 0.2) is 48.7 Å². The fourth-order valence-corrected chi connectivity index (χ4v) is 4.20. The number of methoxy groups -OCH3 is 3. The number of Topliss-reactive ketones (excluding diaryl/α,β-unsaturated/α-hetero) is 1. The summed E-state index contributed by atoms with van der Waals surface area (Å²) in [6, 6.07) is 9.08. The molecule has 11 heteroatoms. The number of carbonyl (C=O) groups excluding carboxylic acids is 2. The minimum Gasteiger partial charge on any atom is -0.618 e. The van der Waals surface area contributed by atoms with Crippen LogP contribution in [0, 0.1) is 22.8 Å². The molecule has 208 valence electrons. The molecule has 0 aliphatic heterocycles. The van der Waals surface area contributed by atoms with E-state index in [4.69, 9.17) is 18.9 Å². The van der Waals surface area contributed by atoms with Crippen molar-refractivity contribution in [1.29, 1.82) is 0 Å². The van der Waals surface area contributed by atoms with Crippen molar-refractivity contribution in [3.8, 4) is 23.0 Å². The van der Waals surface area contributed by atoms with Crippen LogP contribution in [-0.2, 0) is 9.53 Å². The third-order valence-electron chi connectivity index (χ3n) is 6.27. The van der Waals surface area contributed by atoms with Crippen LogP contribution in [0.4, 0.5) is 8.78 Å². The van der Waals surface area contributed by atoms with Crippen molar-refractivity contribution >= 4 is 11.8 Å². The fourth-order valence-electron chi connectivity index (χ4n) is 4.20. The van der Waals surface area contributed by atoms with Crippen LogP contribution in [0.3, 0.4) is 0 Å². The lowest BCUT2D eigenvalue weighted by Crippen LogP contribution is -2.35. The van der Waals surface area contributed by atoms with Crippen LogP contribution in [0.25, 0.3) is 0 Å². The summed E-state index contributed by atoms with van der Waals surface area (Å²) in [5, 5.41) is 22.3. The summed E-state index contributed by atoms with van der Waals surface area (Å²) in [4.78, 5) is 25.8. The lowest BCUT2D eigenvalue weighted by atomic mass is 9.86. The number of rotatable bonds is 11. The molecule has 0 bridgehead atoms. The first kappa shape index (κ1) is 29.2. The zero-order chi connectivity index (χ0) is 28.9. The number of carbonyl (C=O) groups is 2. The van der Waals surface area contributed by atoms with Gasteiger partial charge in [-0.15, -0.1) is 0 Å². The summed E-state index contributed by atoms with van der Waals surface area (Å²) in [6.45, 7) is 2.86. The Bertz CT molecular complexity index is 1310. The van der Waals surface area contributed by atoms with Crippen molar-refractivity contribution in [2.75, 3.05) is 21.3 Å². The van der Waals surface area contributed by atoms with Gasteiger partial charge in [0.15, 0.2) is 11.9 Å². The molecular formula is C28H29F2NO8. The van der Waals surface area contributed by atoms with E-state index in [1.807, 2.05) is 0 Å². The Labute approximate surface area is 224 Å². The second-order valence-corrected chi connectivity index (χ2v) is 8.83. The summed E-state index contributed by atoms with van der Waals surface area (Å²) in [5.74, 6) is -5.36. The number of halogens is 2. The molecule has 1 heterocycles. The van der Waals surface area contributed by atoms with E-state index in [9.17, 15) is 19.9 Å². The number of ketones is 1. The van der Waals surface area contributed by atoms with Gasteiger partial charge in [0.2, 0.25) is 11.5 Å². The molecule has 3 aromatic rings. The number of hydrogen-bond acceptors (Lipinski definition) is 8. The largest absolute Gasteiger partial charge is 0.618 e. The van der Waals surface area contributed by atoms with Gasteiger partial charge >= 0.3 is 11.7 Å². The molecule has 0 unspecified atom stereocenters. The van der Waals surface area contributed by atoms with E-state index in [0.717, 1.165) is 18.3 Å². The molecule has 0 amide bonds. The van der Waals surface area contributed by atoms with Crippen LogP contribution in [0.1, 0.15) is 47.8 Å². The van der Waals surface area contributed by atoms with Gasteiger partial charge in [-0.05, 0) is 43.3 Å². The summed E-state index contributed by atoms with van der Waals surface area (Å²) in [6.07, 6.45) is -0.611. The highest BCUT2D eigenvalue weighted by atomic mass is 19.1. The SMILES string of the molecule is COc1ccc(F)c(C(c2cc(OC)ccc2F)[C@H](C)OC(=O)[C@H](C)CC(=O)c2c(O)c(OC)cc[n+]2[O-])c1. The normalized spacial score (nSPS) is 12.5. The maximum absolute atomic E-state index is 15.0. The van der Waals surface area contributed by atoms with Gasteiger partial charge in [0.05, 0.1) is 33.2 Å². The number of pyridine rings is 1. The molecule has 0 radical (unpaired) electrons. The van der Waals surface area contributed by atoms with Crippen molar-refractivity contribution in [3.05, 3.63) is 82.3 Å². The van der Waals surface area contributed by atoms with Crippen molar-refractivity contribution < 1.29 is 47.2 Å². The summed E-state index contributed by atoms with van der Waals surface area (Å²) < 4.78 is 51.2. The molecule has 0 saturated carbocycles. The van der Waals surface area contributed by atoms with Crippen molar-refractivity contribution in [2.24, 2.45) is 5.92 Å². The maximum atomic E-state index is 15.0. The van der Waals surface area contributed by atoms with Crippen LogP contribution >= 0.6 is 0 Å². The Morgan fingerprint density at radius 3 is 1.95 bits per heavy atom. The average molecular weight is 546 g/mol. The molecule has 0 spiro atoms. The molecule has 0 aliphatic rings. The highest BCUT2D eigenvalue weighted by Crippen LogP contribution is 2.37. The monoisotopic (exact) mass is 545 g/mol. The molecular weight excluding hydrogens is 516 g/mol. The maximum Gasteiger partial charge on any atom is 0.309 e. The number of ether oxygens (including phenoxy) is 4. The van der Waals surface area contributed by atoms with Gasteiger partial charge < -0.3 is 29.3 Å². The number of esters is 1. The summed E-state index contributed by atoms with van der Waals surface area (Å²) in [7, 11) is 4.05. The van der Waals surface area contributed by atoms with Crippen LogP contribution < -0.4 is 18.9 Å². The number of nitrogens with zero attached hydrogens (tertiary/aromatic N) is 1. The highest BCUT2D eigenvalue weighted by Gasteiger charge is 2.33. The van der Waals surface area contributed by atoms with Gasteiger partial charge in [-0.25, -0.2) is 8.78 Å². The zero-order valence-corrected chi connectivity index (χ0v) is 22.1. The Morgan fingerprint density at radius 1 is 0.923 bits per heavy atom. The molecule has 1 N–H and O–H groups in total. The zero-order valence-electron chi connectivity index (χ0n) is 22.1. The fraction of sp³-hybridized carbons (Fsp3) is 0.321. The Balaban J connectivity index is 1.91. The third kappa shape index (κ3) is 6.36. The minimum atomic E-state index is -1.12. The molecule has 9 nitrogen and oxygen atoms in total. The van der Waals surface area contributed by atoms with E-state index in [2.05, 4.69) is 0 Å². The molecule has 1 aromatic heterocycles. The highest BCUT2D eigenvalue weighted by molar-refractivity contribution is 5.98. The Hall–Kier alpha value is -4.41. The first-order valence-corrected chi connectivity index (χ1v) is 11.9. The van der Waals surface area contributed by atoms with E-state index in [1.54, 1.807) is 0 Å². The quantitative estimate of drug-likeness (QED) is 0.164. The van der Waals surface area contributed by atoms with Gasteiger partial charge in [-0.2, -0.15) is 4.73 Å². The van der Waals surface area contributed by atoms with Gasteiger partial charge in [-0.3, -0.25) is 9.59 Å². The lowest BCUT2D eigenvalue weighted by molar-refractivity contribution is -0.608. The lowest BCUT2D eigenvalue weighted by Gasteiger charge is -2.27. The first-order valence-electron chi connectivity index (χ1n) is 11.9. The van der Waals surface area contributed by atoms with E-state index in [0.29, 0.717) is 11.5 Å². The van der Waals surface area contributed by atoms with Gasteiger partial charge in [0.25, 0.3) is 0 Å². The number of hydrogen-bond donors (Lipinski definition) is 1. The van der Waals surface area contributed by atoms with E-state index in [1.165, 1.54) is 65.5 Å². The van der Waals surface area contributed by atoms with E-state index in [-0.39, 0.29) is 21.6 Å². The Morgan fingerprint density at radius 2 is 1.46 bits per heavy atom. The predicted molar refractivity (Wildman–Crippen MR) is 135 cm³/mol. The van der Waals surface area contributed by atoms with Crippen LogP contribution in [-0.4, -0.2) is 44.3 Å². The minimum absolute atomic E-state index is 0.0132. The Kier molecular flexibility index (Phi) is 9.29. The third-order valence-corrected chi connectivity index (χ3v) is 6.27. The summed E-state index contributed by atoms with van der Waals surface area (Å²) in [5.41, 5.74) is -0.560. The van der Waals surface area contributed by atoms with Crippen molar-refractivity contribution in [2.45, 2.75) is 32.3 Å². The molecule has 3 rings (SSSR count). The molecule has 0 fully saturated rings. The van der Waals surface area contributed by atoms with Crippen LogP contribution in [0.5, 0.6) is 23.0 Å². The van der Waals surface area contributed by atoms with Gasteiger partial charge in [0, 0.05) is 23.6 Å². The molecule has 39 heavy (non-hydrogen) atoms. The predicted octanol–water partition coefficient (Wildman–Crippen LogP) is 4.30.